The van der Waals surface area contributed by atoms with Gasteiger partial charge in [0.15, 0.2) is 0 Å². The average Bonchev–Trinajstić information content (AvgIpc) is 3.44. The van der Waals surface area contributed by atoms with Crippen molar-refractivity contribution in [3.63, 3.8) is 0 Å². The molecule has 6 nitrogen and oxygen atoms in total. The van der Waals surface area contributed by atoms with Crippen molar-refractivity contribution in [2.75, 3.05) is 13.2 Å². The summed E-state index contributed by atoms with van der Waals surface area (Å²) in [5, 5.41) is 23.2. The Morgan fingerprint density at radius 1 is 0.359 bits per heavy atom. The van der Waals surface area contributed by atoms with E-state index in [1.165, 1.54) is 276 Å². The Morgan fingerprint density at radius 2 is 0.667 bits per heavy atom. The van der Waals surface area contributed by atoms with E-state index >= 15 is 0 Å². The van der Waals surface area contributed by atoms with Gasteiger partial charge in [0.25, 0.3) is 0 Å². The molecule has 0 radical (unpaired) electrons. The van der Waals surface area contributed by atoms with E-state index in [0.717, 1.165) is 57.8 Å². The first kappa shape index (κ1) is 75.6. The number of aliphatic hydroxyl groups excluding tert-OH is 2. The van der Waals surface area contributed by atoms with Crippen molar-refractivity contribution in [1.82, 2.24) is 5.32 Å². The number of aliphatic hydroxyl groups is 2. The average molecular weight is 1090 g/mol. The monoisotopic (exact) mass is 1090 g/mol. The standard InChI is InChI=1S/C72H133NO5/c1-3-5-7-9-11-13-15-17-18-34-37-41-44-48-52-56-60-64-70(75)69(68-74)73-71(76)65-61-57-53-49-45-42-38-35-32-30-28-26-24-22-20-19-21-23-25-27-29-31-33-36-39-43-47-51-55-59-63-67-78-72(77)66-62-58-54-50-46-40-16-14-12-10-8-6-4-2/h8,10,14,16,21,23,27,29,60,64,69-70,74-75H,3-7,9,11-13,15,17-20,22,24-26,28,30-59,61-63,65-68H2,1-2H3,(H,73,76)/b10-8-,16-14-,23-21-,29-27-,64-60+. The third-order valence-electron chi connectivity index (χ3n) is 15.7. The molecule has 3 N–H and O–H groups in total. The third kappa shape index (κ3) is 62.8. The highest BCUT2D eigenvalue weighted by Gasteiger charge is 2.18. The fraction of sp³-hybridized carbons (Fsp3) is 0.833. The van der Waals surface area contributed by atoms with Gasteiger partial charge in [-0.3, -0.25) is 9.59 Å². The summed E-state index contributed by atoms with van der Waals surface area (Å²) in [6.07, 6.45) is 88.7. The molecule has 0 aromatic rings. The van der Waals surface area contributed by atoms with Gasteiger partial charge < -0.3 is 20.3 Å². The van der Waals surface area contributed by atoms with Crippen LogP contribution in [0, 0.1) is 0 Å². The van der Waals surface area contributed by atoms with E-state index in [-0.39, 0.29) is 18.5 Å². The number of allylic oxidation sites excluding steroid dienone is 9. The summed E-state index contributed by atoms with van der Waals surface area (Å²) in [7, 11) is 0. The predicted octanol–water partition coefficient (Wildman–Crippen LogP) is 22.3. The van der Waals surface area contributed by atoms with Gasteiger partial charge in [-0.25, -0.2) is 0 Å². The third-order valence-corrected chi connectivity index (χ3v) is 15.7. The number of hydrogen-bond acceptors (Lipinski definition) is 5. The van der Waals surface area contributed by atoms with Crippen molar-refractivity contribution in [2.45, 2.75) is 373 Å². The largest absolute Gasteiger partial charge is 0.466 e. The Kier molecular flexibility index (Phi) is 65.0. The highest BCUT2D eigenvalue weighted by Crippen LogP contribution is 2.18. The van der Waals surface area contributed by atoms with E-state index < -0.39 is 12.1 Å². The molecular weight excluding hydrogens is 959 g/mol. The molecule has 1 amide bonds. The maximum absolute atomic E-state index is 12.5. The molecule has 0 fully saturated rings. The quantitative estimate of drug-likeness (QED) is 0.0320. The maximum atomic E-state index is 12.5. The van der Waals surface area contributed by atoms with Crippen LogP contribution in [0.1, 0.15) is 361 Å². The molecule has 2 unspecified atom stereocenters. The number of nitrogens with one attached hydrogen (secondary N) is 1. The van der Waals surface area contributed by atoms with Crippen molar-refractivity contribution >= 4 is 11.9 Å². The normalized spacial score (nSPS) is 12.9. The summed E-state index contributed by atoms with van der Waals surface area (Å²) in [6.45, 7) is 4.85. The number of hydrogen-bond donors (Lipinski definition) is 3. The Morgan fingerprint density at radius 3 is 1.03 bits per heavy atom. The fourth-order valence-corrected chi connectivity index (χ4v) is 10.5. The van der Waals surface area contributed by atoms with Gasteiger partial charge in [-0.15, -0.1) is 0 Å². The van der Waals surface area contributed by atoms with Gasteiger partial charge in [0.1, 0.15) is 0 Å². The minimum Gasteiger partial charge on any atom is -0.466 e. The number of ether oxygens (including phenoxy) is 1. The summed E-state index contributed by atoms with van der Waals surface area (Å²) in [5.74, 6) is -0.0684. The Balaban J connectivity index is 3.42. The molecule has 0 heterocycles. The van der Waals surface area contributed by atoms with Crippen LogP contribution in [-0.4, -0.2) is 47.4 Å². The number of unbranched alkanes of at least 4 members (excludes halogenated alkanes) is 45. The number of rotatable bonds is 64. The Hall–Kier alpha value is -2.44. The fourth-order valence-electron chi connectivity index (χ4n) is 10.5. The zero-order valence-electron chi connectivity index (χ0n) is 52.1. The second-order valence-electron chi connectivity index (χ2n) is 23.5. The summed E-state index contributed by atoms with van der Waals surface area (Å²) >= 11 is 0. The van der Waals surface area contributed by atoms with Crippen LogP contribution < -0.4 is 5.32 Å². The van der Waals surface area contributed by atoms with Gasteiger partial charge >= 0.3 is 5.97 Å². The lowest BCUT2D eigenvalue weighted by atomic mass is 10.0. The Bertz CT molecular complexity index is 1350. The first-order chi connectivity index (χ1) is 38.5. The zero-order chi connectivity index (χ0) is 56.4. The van der Waals surface area contributed by atoms with Gasteiger partial charge in [0.2, 0.25) is 5.91 Å². The van der Waals surface area contributed by atoms with Gasteiger partial charge in [0.05, 0.1) is 25.4 Å². The second kappa shape index (κ2) is 67.1. The van der Waals surface area contributed by atoms with Crippen molar-refractivity contribution in [3.8, 4) is 0 Å². The second-order valence-corrected chi connectivity index (χ2v) is 23.5. The van der Waals surface area contributed by atoms with E-state index in [4.69, 9.17) is 4.74 Å². The molecule has 6 heteroatoms. The molecule has 0 bridgehead atoms. The molecule has 0 rings (SSSR count). The van der Waals surface area contributed by atoms with Crippen molar-refractivity contribution in [3.05, 3.63) is 60.8 Å². The summed E-state index contributed by atoms with van der Waals surface area (Å²) < 4.78 is 5.47. The van der Waals surface area contributed by atoms with E-state index in [1.54, 1.807) is 6.08 Å². The van der Waals surface area contributed by atoms with Crippen molar-refractivity contribution in [1.29, 1.82) is 0 Å². The molecule has 0 aliphatic rings. The van der Waals surface area contributed by atoms with E-state index in [2.05, 4.69) is 67.8 Å². The first-order valence-corrected chi connectivity index (χ1v) is 34.6. The summed E-state index contributed by atoms with van der Waals surface area (Å²) in [5.41, 5.74) is 0. The van der Waals surface area contributed by atoms with Crippen LogP contribution in [0.5, 0.6) is 0 Å². The molecule has 0 aromatic carbocycles. The minimum atomic E-state index is -0.845. The van der Waals surface area contributed by atoms with E-state index in [0.29, 0.717) is 19.4 Å². The summed E-state index contributed by atoms with van der Waals surface area (Å²) in [6, 6.07) is -0.629. The maximum Gasteiger partial charge on any atom is 0.305 e. The first-order valence-electron chi connectivity index (χ1n) is 34.6. The van der Waals surface area contributed by atoms with Crippen LogP contribution in [0.2, 0.25) is 0 Å². The molecule has 78 heavy (non-hydrogen) atoms. The van der Waals surface area contributed by atoms with E-state index in [1.807, 2.05) is 6.08 Å². The lowest BCUT2D eigenvalue weighted by molar-refractivity contribution is -0.143. The number of amides is 1. The van der Waals surface area contributed by atoms with Crippen LogP contribution in [0.25, 0.3) is 0 Å². The van der Waals surface area contributed by atoms with Gasteiger partial charge in [-0.1, -0.05) is 319 Å². The molecule has 0 spiro atoms. The van der Waals surface area contributed by atoms with Crippen LogP contribution in [0.15, 0.2) is 60.8 Å². The van der Waals surface area contributed by atoms with Crippen LogP contribution in [0.3, 0.4) is 0 Å². The predicted molar refractivity (Wildman–Crippen MR) is 342 cm³/mol. The lowest BCUT2D eigenvalue weighted by Crippen LogP contribution is -2.45. The minimum absolute atomic E-state index is 0.00283. The Labute approximate surface area is 486 Å². The van der Waals surface area contributed by atoms with Gasteiger partial charge in [-0.05, 0) is 89.9 Å². The molecule has 0 saturated carbocycles. The van der Waals surface area contributed by atoms with Crippen LogP contribution in [0.4, 0.5) is 0 Å². The number of carbonyl (C=O) groups excluding carboxylic acids is 2. The topological polar surface area (TPSA) is 95.9 Å². The van der Waals surface area contributed by atoms with E-state index in [9.17, 15) is 19.8 Å². The zero-order valence-corrected chi connectivity index (χ0v) is 52.1. The SMILES string of the molecule is CCC/C=C\C/C=C\CCCCCCCC(=O)OCCCCCCCCCCC/C=C\C/C=C\CCCCCCCCCCCCCCCCCC(=O)NC(CO)C(O)/C=C/CCCCCCCCCCCCCCCCC. The van der Waals surface area contributed by atoms with Crippen LogP contribution >= 0.6 is 0 Å². The van der Waals surface area contributed by atoms with Gasteiger partial charge in [-0.2, -0.15) is 0 Å². The number of carbonyl (C=O) groups is 2. The molecule has 0 aliphatic carbocycles. The highest BCUT2D eigenvalue weighted by atomic mass is 16.5. The molecule has 0 aliphatic heterocycles. The highest BCUT2D eigenvalue weighted by molar-refractivity contribution is 5.76. The van der Waals surface area contributed by atoms with Gasteiger partial charge in [0, 0.05) is 12.8 Å². The molecule has 456 valence electrons. The smallest absolute Gasteiger partial charge is 0.305 e. The lowest BCUT2D eigenvalue weighted by Gasteiger charge is -2.20. The van der Waals surface area contributed by atoms with Crippen molar-refractivity contribution < 1.29 is 24.5 Å². The van der Waals surface area contributed by atoms with Crippen molar-refractivity contribution in [2.24, 2.45) is 0 Å². The molecule has 2 atom stereocenters. The molecular formula is C72H133NO5. The number of esters is 1. The van der Waals surface area contributed by atoms with Crippen LogP contribution in [-0.2, 0) is 14.3 Å². The molecule has 0 saturated heterocycles. The molecule has 0 aromatic heterocycles. The summed E-state index contributed by atoms with van der Waals surface area (Å²) in [4.78, 5) is 24.5.